The van der Waals surface area contributed by atoms with Gasteiger partial charge in [-0.15, -0.1) is 12.4 Å². The largest absolute Gasteiger partial charge is 0.372 e. The molecular formula is C22H37ClN2. The van der Waals surface area contributed by atoms with Gasteiger partial charge in [0.25, 0.3) is 0 Å². The molecular weight excluding hydrogens is 328 g/mol. The first-order chi connectivity index (χ1) is 11.8. The molecule has 0 N–H and O–H groups in total. The molecule has 0 aromatic heterocycles. The molecule has 3 heteroatoms. The fraction of sp³-hybridized carbons (Fsp3) is 0.682. The maximum atomic E-state index is 8.81. The van der Waals surface area contributed by atoms with Crippen molar-refractivity contribution < 1.29 is 0 Å². The molecule has 0 amide bonds. The molecule has 0 saturated heterocycles. The van der Waals surface area contributed by atoms with Crippen molar-refractivity contribution in [3.8, 4) is 6.07 Å². The zero-order valence-corrected chi connectivity index (χ0v) is 17.1. The highest BCUT2D eigenvalue weighted by atomic mass is 35.5. The Balaban J connectivity index is 0.00000576. The number of benzene rings is 1. The number of nitriles is 1. The number of nitrogens with zero attached hydrogens (tertiary/aromatic N) is 2. The topological polar surface area (TPSA) is 27.0 Å². The Morgan fingerprint density at radius 3 is 1.68 bits per heavy atom. The number of hydrogen-bond donors (Lipinski definition) is 0. The van der Waals surface area contributed by atoms with Crippen LogP contribution in [0.3, 0.4) is 0 Å². The van der Waals surface area contributed by atoms with Crippen molar-refractivity contribution in [1.29, 1.82) is 5.26 Å². The highest BCUT2D eigenvalue weighted by Crippen LogP contribution is 2.18. The monoisotopic (exact) mass is 364 g/mol. The Morgan fingerprint density at radius 2 is 1.24 bits per heavy atom. The normalized spacial score (nSPS) is 10.1. The van der Waals surface area contributed by atoms with Crippen LogP contribution in [-0.4, -0.2) is 13.1 Å². The lowest BCUT2D eigenvalue weighted by atomic mass is 10.1. The standard InChI is InChI=1S/C22H36N2.ClH/c1-3-5-7-9-11-19-24(20-12-10-8-6-4-2)22-15-13-21(14-16-22)17-18-23;/h13-16H,3-12,17,19-20H2,1-2H3;1H. The van der Waals surface area contributed by atoms with E-state index >= 15 is 0 Å². The molecule has 0 aliphatic carbocycles. The van der Waals surface area contributed by atoms with Gasteiger partial charge in [0.2, 0.25) is 0 Å². The summed E-state index contributed by atoms with van der Waals surface area (Å²) in [6.45, 7) is 6.86. The molecule has 0 spiro atoms. The van der Waals surface area contributed by atoms with Gasteiger partial charge in [-0.3, -0.25) is 0 Å². The van der Waals surface area contributed by atoms with Crippen molar-refractivity contribution in [2.75, 3.05) is 18.0 Å². The minimum Gasteiger partial charge on any atom is -0.372 e. The molecule has 25 heavy (non-hydrogen) atoms. The SMILES string of the molecule is CCCCCCCN(CCCCCCC)c1ccc(CC#N)cc1.Cl. The first kappa shape index (κ1) is 23.8. The molecule has 1 aromatic rings. The van der Waals surface area contributed by atoms with E-state index in [2.05, 4.69) is 49.1 Å². The maximum Gasteiger partial charge on any atom is 0.0669 e. The first-order valence-electron chi connectivity index (χ1n) is 10.0. The zero-order chi connectivity index (χ0) is 17.5. The predicted molar refractivity (Wildman–Crippen MR) is 113 cm³/mol. The number of rotatable bonds is 14. The molecule has 142 valence electrons. The van der Waals surface area contributed by atoms with Crippen molar-refractivity contribution in [3.63, 3.8) is 0 Å². The molecule has 0 unspecified atom stereocenters. The van der Waals surface area contributed by atoms with Crippen molar-refractivity contribution in [1.82, 2.24) is 0 Å². The molecule has 1 aromatic carbocycles. The van der Waals surface area contributed by atoms with E-state index in [0.29, 0.717) is 6.42 Å². The van der Waals surface area contributed by atoms with Gasteiger partial charge in [0, 0.05) is 18.8 Å². The number of anilines is 1. The number of unbranched alkanes of at least 4 members (excludes halogenated alkanes) is 8. The van der Waals surface area contributed by atoms with Crippen LogP contribution in [0.15, 0.2) is 24.3 Å². The van der Waals surface area contributed by atoms with E-state index in [1.54, 1.807) is 0 Å². The minimum atomic E-state index is 0. The lowest BCUT2D eigenvalue weighted by molar-refractivity contribution is 0.589. The highest BCUT2D eigenvalue weighted by Gasteiger charge is 2.06. The first-order valence-corrected chi connectivity index (χ1v) is 10.0. The van der Waals surface area contributed by atoms with Crippen LogP contribution in [0.5, 0.6) is 0 Å². The summed E-state index contributed by atoms with van der Waals surface area (Å²) < 4.78 is 0. The third kappa shape index (κ3) is 11.1. The molecule has 0 bridgehead atoms. The van der Waals surface area contributed by atoms with E-state index in [1.807, 2.05) is 0 Å². The smallest absolute Gasteiger partial charge is 0.0669 e. The third-order valence-electron chi connectivity index (χ3n) is 4.65. The number of halogens is 1. The Labute approximate surface area is 162 Å². The molecule has 1 rings (SSSR count). The summed E-state index contributed by atoms with van der Waals surface area (Å²) in [6.07, 6.45) is 13.8. The van der Waals surface area contributed by atoms with Gasteiger partial charge in [0.15, 0.2) is 0 Å². The molecule has 0 aliphatic rings. The van der Waals surface area contributed by atoms with E-state index in [1.165, 1.54) is 69.9 Å². The van der Waals surface area contributed by atoms with Gasteiger partial charge in [-0.05, 0) is 30.5 Å². The molecule has 0 heterocycles. The second kappa shape index (κ2) is 16.3. The van der Waals surface area contributed by atoms with E-state index in [0.717, 1.165) is 18.7 Å². The van der Waals surface area contributed by atoms with Crippen molar-refractivity contribution in [2.45, 2.75) is 84.5 Å². The van der Waals surface area contributed by atoms with Gasteiger partial charge in [-0.1, -0.05) is 77.3 Å². The van der Waals surface area contributed by atoms with Crippen LogP contribution in [0.2, 0.25) is 0 Å². The summed E-state index contributed by atoms with van der Waals surface area (Å²) in [5, 5.41) is 8.81. The summed E-state index contributed by atoms with van der Waals surface area (Å²) in [7, 11) is 0. The van der Waals surface area contributed by atoms with Crippen LogP contribution in [0.1, 0.15) is 83.6 Å². The van der Waals surface area contributed by atoms with Gasteiger partial charge < -0.3 is 4.90 Å². The lowest BCUT2D eigenvalue weighted by Gasteiger charge is -2.25. The minimum absolute atomic E-state index is 0. The van der Waals surface area contributed by atoms with E-state index < -0.39 is 0 Å². The van der Waals surface area contributed by atoms with E-state index in [4.69, 9.17) is 5.26 Å². The van der Waals surface area contributed by atoms with Crippen molar-refractivity contribution in [2.24, 2.45) is 0 Å². The molecule has 2 nitrogen and oxygen atoms in total. The van der Waals surface area contributed by atoms with Crippen LogP contribution in [0.25, 0.3) is 0 Å². The van der Waals surface area contributed by atoms with Crippen LogP contribution < -0.4 is 4.90 Å². The van der Waals surface area contributed by atoms with E-state index in [9.17, 15) is 0 Å². The summed E-state index contributed by atoms with van der Waals surface area (Å²) in [5.74, 6) is 0. The van der Waals surface area contributed by atoms with Gasteiger partial charge in [0.05, 0.1) is 12.5 Å². The van der Waals surface area contributed by atoms with Crippen LogP contribution in [0, 0.1) is 11.3 Å². The van der Waals surface area contributed by atoms with Crippen LogP contribution >= 0.6 is 12.4 Å². The Morgan fingerprint density at radius 1 is 0.760 bits per heavy atom. The highest BCUT2D eigenvalue weighted by molar-refractivity contribution is 5.85. The number of hydrogen-bond acceptors (Lipinski definition) is 2. The quantitative estimate of drug-likeness (QED) is 0.335. The van der Waals surface area contributed by atoms with Gasteiger partial charge in [-0.2, -0.15) is 5.26 Å². The van der Waals surface area contributed by atoms with Gasteiger partial charge in [0.1, 0.15) is 0 Å². The molecule has 0 saturated carbocycles. The third-order valence-corrected chi connectivity index (χ3v) is 4.65. The van der Waals surface area contributed by atoms with Crippen molar-refractivity contribution in [3.05, 3.63) is 29.8 Å². The zero-order valence-electron chi connectivity index (χ0n) is 16.3. The maximum absolute atomic E-state index is 8.81. The fourth-order valence-corrected chi connectivity index (χ4v) is 3.10. The van der Waals surface area contributed by atoms with Crippen molar-refractivity contribution >= 4 is 18.1 Å². The second-order valence-corrected chi connectivity index (χ2v) is 6.82. The Bertz CT molecular complexity index is 436. The second-order valence-electron chi connectivity index (χ2n) is 6.82. The Kier molecular flexibility index (Phi) is 15.5. The molecule has 0 aliphatic heterocycles. The average Bonchev–Trinajstić information content (AvgIpc) is 2.61. The van der Waals surface area contributed by atoms with Crippen LogP contribution in [-0.2, 0) is 6.42 Å². The summed E-state index contributed by atoms with van der Waals surface area (Å²) >= 11 is 0. The molecule has 0 fully saturated rings. The van der Waals surface area contributed by atoms with Gasteiger partial charge >= 0.3 is 0 Å². The molecule has 0 atom stereocenters. The summed E-state index contributed by atoms with van der Waals surface area (Å²) in [4.78, 5) is 2.55. The van der Waals surface area contributed by atoms with Gasteiger partial charge in [-0.25, -0.2) is 0 Å². The molecule has 0 radical (unpaired) electrons. The fourth-order valence-electron chi connectivity index (χ4n) is 3.10. The van der Waals surface area contributed by atoms with Crippen LogP contribution in [0.4, 0.5) is 5.69 Å². The van der Waals surface area contributed by atoms with E-state index in [-0.39, 0.29) is 12.4 Å². The average molecular weight is 365 g/mol. The summed E-state index contributed by atoms with van der Waals surface area (Å²) in [5.41, 5.74) is 2.44. The Hall–Kier alpha value is -1.20. The lowest BCUT2D eigenvalue weighted by Crippen LogP contribution is -2.25. The summed E-state index contributed by atoms with van der Waals surface area (Å²) in [6, 6.07) is 10.8. The predicted octanol–water partition coefficient (Wildman–Crippen LogP) is 6.92.